The summed E-state index contributed by atoms with van der Waals surface area (Å²) in [5, 5.41) is 1.93. The van der Waals surface area contributed by atoms with Crippen LogP contribution in [0.15, 0.2) is 91.7 Å². The van der Waals surface area contributed by atoms with Gasteiger partial charge in [-0.15, -0.1) is 0 Å². The lowest BCUT2D eigenvalue weighted by Crippen LogP contribution is -2.12. The molecule has 1 aliphatic carbocycles. The number of rotatable bonds is 3. The summed E-state index contributed by atoms with van der Waals surface area (Å²) in [7, 11) is 0. The van der Waals surface area contributed by atoms with Gasteiger partial charge in [0.05, 0.1) is 28.4 Å². The van der Waals surface area contributed by atoms with Crippen molar-refractivity contribution in [2.24, 2.45) is 9.98 Å². The Balaban J connectivity index is 1.84. The Morgan fingerprint density at radius 2 is 1.40 bits per heavy atom. The summed E-state index contributed by atoms with van der Waals surface area (Å²) in [5.41, 5.74) is 3.45. The molecule has 1 aliphatic rings. The van der Waals surface area contributed by atoms with Gasteiger partial charge in [0.1, 0.15) is 0 Å². The van der Waals surface area contributed by atoms with Crippen molar-refractivity contribution in [3.8, 4) is 0 Å². The zero-order valence-electron chi connectivity index (χ0n) is 18.8. The standard InChI is InChI=1S/C28H19Br2F3N2/c1-15(2)18-9-3-4-12-23(18)34-25-19-10-5-7-16-8-6-11-20(24(16)19)26(25)35-27-21(28(31,32)33)13-17(29)14-22(27)30/h3-15H,1-2H3. The van der Waals surface area contributed by atoms with Crippen LogP contribution in [0, 0.1) is 0 Å². The lowest BCUT2D eigenvalue weighted by molar-refractivity contribution is -0.137. The van der Waals surface area contributed by atoms with Gasteiger partial charge in [0.2, 0.25) is 0 Å². The van der Waals surface area contributed by atoms with E-state index in [0.717, 1.165) is 39.2 Å². The molecule has 0 saturated heterocycles. The quantitative estimate of drug-likeness (QED) is 0.224. The molecule has 35 heavy (non-hydrogen) atoms. The highest BCUT2D eigenvalue weighted by molar-refractivity contribution is 9.11. The van der Waals surface area contributed by atoms with Crippen LogP contribution in [-0.2, 0) is 6.18 Å². The van der Waals surface area contributed by atoms with Crippen LogP contribution >= 0.6 is 31.9 Å². The third-order valence-electron chi connectivity index (χ3n) is 5.99. The fourth-order valence-corrected chi connectivity index (χ4v) is 5.74. The van der Waals surface area contributed by atoms with E-state index < -0.39 is 11.7 Å². The molecule has 0 amide bonds. The number of aliphatic imine (C=N–C) groups is 2. The molecule has 176 valence electrons. The third-order valence-corrected chi connectivity index (χ3v) is 7.05. The summed E-state index contributed by atoms with van der Waals surface area (Å²) in [5.74, 6) is 0.230. The van der Waals surface area contributed by atoms with E-state index in [4.69, 9.17) is 4.99 Å². The Hall–Kier alpha value is -2.77. The van der Waals surface area contributed by atoms with Crippen LogP contribution in [-0.4, -0.2) is 11.4 Å². The van der Waals surface area contributed by atoms with Crippen molar-refractivity contribution in [2.45, 2.75) is 25.9 Å². The van der Waals surface area contributed by atoms with E-state index in [1.165, 1.54) is 0 Å². The summed E-state index contributed by atoms with van der Waals surface area (Å²) in [6.45, 7) is 4.18. The van der Waals surface area contributed by atoms with Crippen LogP contribution in [0.5, 0.6) is 0 Å². The molecule has 2 nitrogen and oxygen atoms in total. The number of hydrogen-bond donors (Lipinski definition) is 0. The van der Waals surface area contributed by atoms with Gasteiger partial charge in [0.25, 0.3) is 0 Å². The molecule has 4 aromatic rings. The highest BCUT2D eigenvalue weighted by Gasteiger charge is 2.36. The predicted molar refractivity (Wildman–Crippen MR) is 144 cm³/mol. The zero-order chi connectivity index (χ0) is 24.9. The predicted octanol–water partition coefficient (Wildman–Crippen LogP) is 9.76. The molecule has 4 aromatic carbocycles. The first-order chi connectivity index (χ1) is 16.6. The summed E-state index contributed by atoms with van der Waals surface area (Å²) in [6, 6.07) is 22.1. The summed E-state index contributed by atoms with van der Waals surface area (Å²) < 4.78 is 42.6. The minimum atomic E-state index is -4.58. The first-order valence-corrected chi connectivity index (χ1v) is 12.6. The molecule has 0 fully saturated rings. The fourth-order valence-electron chi connectivity index (χ4n) is 4.42. The molecule has 0 atom stereocenters. The Labute approximate surface area is 217 Å². The average molecular weight is 600 g/mol. The van der Waals surface area contributed by atoms with Crippen LogP contribution < -0.4 is 0 Å². The van der Waals surface area contributed by atoms with Crippen molar-refractivity contribution >= 4 is 65.4 Å². The van der Waals surface area contributed by atoms with Crippen molar-refractivity contribution in [3.05, 3.63) is 104 Å². The van der Waals surface area contributed by atoms with Gasteiger partial charge in [-0.05, 0) is 51.0 Å². The number of alkyl halides is 3. The molecular formula is C28H19Br2F3N2. The Morgan fingerprint density at radius 3 is 2.03 bits per heavy atom. The molecule has 7 heteroatoms. The second kappa shape index (κ2) is 9.03. The number of halogens is 5. The van der Waals surface area contributed by atoms with E-state index in [2.05, 4.69) is 50.7 Å². The smallest absolute Gasteiger partial charge is 0.246 e. The molecule has 0 bridgehead atoms. The fraction of sp³-hybridized carbons (Fsp3) is 0.143. The lowest BCUT2D eigenvalue weighted by atomic mass is 10.0. The van der Waals surface area contributed by atoms with Crippen molar-refractivity contribution < 1.29 is 13.2 Å². The molecule has 0 aromatic heterocycles. The minimum Gasteiger partial charge on any atom is -0.246 e. The average Bonchev–Trinajstić information content (AvgIpc) is 3.09. The maximum absolute atomic E-state index is 14.0. The summed E-state index contributed by atoms with van der Waals surface area (Å²) >= 11 is 6.48. The van der Waals surface area contributed by atoms with Gasteiger partial charge in [-0.3, -0.25) is 0 Å². The van der Waals surface area contributed by atoms with E-state index in [1.54, 1.807) is 6.07 Å². The monoisotopic (exact) mass is 598 g/mol. The topological polar surface area (TPSA) is 24.7 Å². The summed E-state index contributed by atoms with van der Waals surface area (Å²) in [6.07, 6.45) is -4.58. The molecule has 5 rings (SSSR count). The van der Waals surface area contributed by atoms with Gasteiger partial charge in [-0.25, -0.2) is 9.98 Å². The Bertz CT molecular complexity index is 1530. The minimum absolute atomic E-state index is 0.176. The zero-order valence-corrected chi connectivity index (χ0v) is 22.0. The first kappa shape index (κ1) is 23.9. The van der Waals surface area contributed by atoms with Crippen LogP contribution in [0.4, 0.5) is 24.5 Å². The van der Waals surface area contributed by atoms with E-state index in [1.807, 2.05) is 60.7 Å². The highest BCUT2D eigenvalue weighted by atomic mass is 79.9. The second-order valence-electron chi connectivity index (χ2n) is 8.63. The van der Waals surface area contributed by atoms with Crippen molar-refractivity contribution in [2.75, 3.05) is 0 Å². The van der Waals surface area contributed by atoms with Crippen molar-refractivity contribution in [3.63, 3.8) is 0 Å². The Kier molecular flexibility index (Phi) is 6.18. The van der Waals surface area contributed by atoms with Gasteiger partial charge in [0, 0.05) is 25.5 Å². The van der Waals surface area contributed by atoms with Crippen LogP contribution in [0.2, 0.25) is 0 Å². The van der Waals surface area contributed by atoms with E-state index in [0.29, 0.717) is 15.9 Å². The van der Waals surface area contributed by atoms with Crippen molar-refractivity contribution in [1.29, 1.82) is 0 Å². The van der Waals surface area contributed by atoms with Gasteiger partial charge < -0.3 is 0 Å². The van der Waals surface area contributed by atoms with E-state index in [-0.39, 0.29) is 16.1 Å². The van der Waals surface area contributed by atoms with Crippen LogP contribution in [0.25, 0.3) is 10.8 Å². The highest BCUT2D eigenvalue weighted by Crippen LogP contribution is 2.44. The molecule has 0 saturated carbocycles. The maximum Gasteiger partial charge on any atom is 0.418 e. The molecule has 0 N–H and O–H groups in total. The van der Waals surface area contributed by atoms with Gasteiger partial charge in [0.15, 0.2) is 0 Å². The number of para-hydroxylation sites is 1. The first-order valence-electron chi connectivity index (χ1n) is 11.0. The van der Waals surface area contributed by atoms with Crippen molar-refractivity contribution in [1.82, 2.24) is 0 Å². The molecule has 0 unspecified atom stereocenters. The molecule has 0 spiro atoms. The van der Waals surface area contributed by atoms with E-state index >= 15 is 0 Å². The molecule has 0 aliphatic heterocycles. The van der Waals surface area contributed by atoms with Gasteiger partial charge >= 0.3 is 6.18 Å². The largest absolute Gasteiger partial charge is 0.418 e. The van der Waals surface area contributed by atoms with Crippen LogP contribution in [0.1, 0.15) is 42.0 Å². The Morgan fingerprint density at radius 1 is 0.771 bits per heavy atom. The normalized spacial score (nSPS) is 15.7. The van der Waals surface area contributed by atoms with Gasteiger partial charge in [-0.1, -0.05) is 84.4 Å². The maximum atomic E-state index is 14.0. The van der Waals surface area contributed by atoms with E-state index in [9.17, 15) is 13.2 Å². The molecule has 0 heterocycles. The third kappa shape index (κ3) is 4.36. The number of benzene rings is 4. The second-order valence-corrected chi connectivity index (χ2v) is 10.4. The molecular weight excluding hydrogens is 581 g/mol. The molecule has 0 radical (unpaired) electrons. The van der Waals surface area contributed by atoms with Gasteiger partial charge in [-0.2, -0.15) is 13.2 Å². The lowest BCUT2D eigenvalue weighted by Gasteiger charge is -2.14. The summed E-state index contributed by atoms with van der Waals surface area (Å²) in [4.78, 5) is 9.67. The SMILES string of the molecule is CC(C)c1ccccc1N=C1C(=Nc2c(Br)cc(Br)cc2C(F)(F)F)c2cccc3cccc1c23. The van der Waals surface area contributed by atoms with Crippen LogP contribution in [0.3, 0.4) is 0 Å². The number of nitrogens with zero attached hydrogens (tertiary/aromatic N) is 2. The number of hydrogen-bond acceptors (Lipinski definition) is 2.